The summed E-state index contributed by atoms with van der Waals surface area (Å²) < 4.78 is 4.47. The van der Waals surface area contributed by atoms with Crippen molar-refractivity contribution in [2.24, 2.45) is 0 Å². The first-order valence-corrected chi connectivity index (χ1v) is 3.61. The van der Waals surface area contributed by atoms with Crippen molar-refractivity contribution in [2.75, 3.05) is 6.61 Å². The maximum absolute atomic E-state index is 9.68. The second-order valence-corrected chi connectivity index (χ2v) is 2.20. The molecule has 0 aromatic heterocycles. The van der Waals surface area contributed by atoms with E-state index in [2.05, 4.69) is 4.74 Å². The minimum atomic E-state index is -0.216. The molecule has 0 heterocycles. The van der Waals surface area contributed by atoms with Crippen LogP contribution in [0.5, 0.6) is 0 Å². The summed E-state index contributed by atoms with van der Waals surface area (Å²) >= 11 is 0. The van der Waals surface area contributed by atoms with Gasteiger partial charge in [-0.25, -0.2) is 4.79 Å². The van der Waals surface area contributed by atoms with Crippen LogP contribution in [0.15, 0.2) is 12.2 Å². The van der Waals surface area contributed by atoms with Crippen molar-refractivity contribution in [1.29, 1.82) is 0 Å². The van der Waals surface area contributed by atoms with Crippen LogP contribution in [0.2, 0.25) is 0 Å². The topological polar surface area (TPSA) is 46.5 Å². The minimum absolute atomic E-state index is 0.194. The molecule has 1 N–H and O–H groups in total. The van der Waals surface area contributed by atoms with Gasteiger partial charge in [0.05, 0.1) is 0 Å². The number of aliphatic hydroxyl groups is 1. The molecule has 0 aliphatic carbocycles. The van der Waals surface area contributed by atoms with Gasteiger partial charge in [0.15, 0.2) is 0 Å². The molecule has 0 saturated carbocycles. The summed E-state index contributed by atoms with van der Waals surface area (Å²) in [6, 6.07) is 0. The van der Waals surface area contributed by atoms with Crippen LogP contribution in [0.1, 0.15) is 19.8 Å². The molecule has 0 amide bonds. The molecule has 0 aliphatic heterocycles. The maximum Gasteiger partial charge on any atom is 0.418 e. The normalized spacial score (nSPS) is 13.3. The fourth-order valence-corrected chi connectivity index (χ4v) is 0.612. The molecule has 0 bridgehead atoms. The lowest BCUT2D eigenvalue weighted by Gasteiger charge is -2.00. The van der Waals surface area contributed by atoms with Crippen molar-refractivity contribution in [1.82, 2.24) is 0 Å². The largest absolute Gasteiger partial charge is 0.450 e. The molecule has 1 atom stereocenters. The maximum atomic E-state index is 9.68. The highest BCUT2D eigenvalue weighted by Crippen LogP contribution is 1.94. The molecule has 3 nitrogen and oxygen atoms in total. The molecule has 0 saturated heterocycles. The highest BCUT2D eigenvalue weighted by atomic mass is 16.5. The van der Waals surface area contributed by atoms with E-state index in [0.29, 0.717) is 0 Å². The summed E-state index contributed by atoms with van der Waals surface area (Å²) in [6.07, 6.45) is 4.97. The molecule has 0 aromatic rings. The Hall–Kier alpha value is -0.830. The van der Waals surface area contributed by atoms with Gasteiger partial charge >= 0.3 is 6.47 Å². The first kappa shape index (κ1) is 10.2. The molecule has 0 spiro atoms. The van der Waals surface area contributed by atoms with Crippen molar-refractivity contribution in [3.05, 3.63) is 12.2 Å². The van der Waals surface area contributed by atoms with Gasteiger partial charge in [0, 0.05) is 6.61 Å². The standard InChI is InChI=1S/C8H13O3/c1-8(11-7-10)5-3-2-4-6-9/h3,5,8-9H,2,4,6H2,1H3. The van der Waals surface area contributed by atoms with Crippen LogP contribution in [-0.4, -0.2) is 24.3 Å². The molecule has 1 radical (unpaired) electrons. The van der Waals surface area contributed by atoms with E-state index in [1.165, 1.54) is 6.47 Å². The van der Waals surface area contributed by atoms with Crippen LogP contribution in [0, 0.1) is 0 Å². The summed E-state index contributed by atoms with van der Waals surface area (Å²) in [4.78, 5) is 9.68. The lowest BCUT2D eigenvalue weighted by Crippen LogP contribution is -2.01. The quantitative estimate of drug-likeness (QED) is 0.458. The average Bonchev–Trinajstić information content (AvgIpc) is 1.99. The van der Waals surface area contributed by atoms with Gasteiger partial charge in [0.1, 0.15) is 6.10 Å². The summed E-state index contributed by atoms with van der Waals surface area (Å²) in [6.45, 7) is 3.30. The Morgan fingerprint density at radius 3 is 3.00 bits per heavy atom. The third-order valence-electron chi connectivity index (χ3n) is 1.17. The first-order valence-electron chi connectivity index (χ1n) is 3.61. The fraction of sp³-hybridized carbons (Fsp3) is 0.625. The Morgan fingerprint density at radius 1 is 1.73 bits per heavy atom. The van der Waals surface area contributed by atoms with E-state index < -0.39 is 0 Å². The predicted octanol–water partition coefficient (Wildman–Crippen LogP) is 0.787. The molecule has 0 fully saturated rings. The summed E-state index contributed by atoms with van der Waals surface area (Å²) in [5.41, 5.74) is 0. The minimum Gasteiger partial charge on any atom is -0.450 e. The molecule has 0 rings (SSSR count). The molecule has 11 heavy (non-hydrogen) atoms. The number of hydrogen-bond donors (Lipinski definition) is 1. The second kappa shape index (κ2) is 7.28. The van der Waals surface area contributed by atoms with Crippen molar-refractivity contribution in [2.45, 2.75) is 25.9 Å². The van der Waals surface area contributed by atoms with E-state index >= 15 is 0 Å². The number of hydrogen-bond acceptors (Lipinski definition) is 3. The molecule has 63 valence electrons. The van der Waals surface area contributed by atoms with Crippen LogP contribution < -0.4 is 0 Å². The fourth-order valence-electron chi connectivity index (χ4n) is 0.612. The number of allylic oxidation sites excluding steroid dienone is 1. The summed E-state index contributed by atoms with van der Waals surface area (Å²) in [5.74, 6) is 0. The number of aliphatic hydroxyl groups excluding tert-OH is 1. The molecule has 0 aliphatic rings. The van der Waals surface area contributed by atoms with Crippen molar-refractivity contribution in [3.8, 4) is 0 Å². The van der Waals surface area contributed by atoms with Crippen molar-refractivity contribution in [3.63, 3.8) is 0 Å². The van der Waals surface area contributed by atoms with Crippen molar-refractivity contribution >= 4 is 6.47 Å². The Bertz CT molecular complexity index is 121. The zero-order valence-corrected chi connectivity index (χ0v) is 6.62. The number of unbranched alkanes of at least 4 members (excludes halogenated alkanes) is 1. The van der Waals surface area contributed by atoms with Gasteiger partial charge in [-0.05, 0) is 25.8 Å². The molecular formula is C8H13O3. The smallest absolute Gasteiger partial charge is 0.418 e. The number of ether oxygens (including phenoxy) is 1. The molecule has 3 heteroatoms. The zero-order valence-electron chi connectivity index (χ0n) is 6.62. The van der Waals surface area contributed by atoms with Gasteiger partial charge in [-0.15, -0.1) is 0 Å². The highest BCUT2D eigenvalue weighted by Gasteiger charge is 1.92. The predicted molar refractivity (Wildman–Crippen MR) is 41.7 cm³/mol. The average molecular weight is 157 g/mol. The van der Waals surface area contributed by atoms with E-state index in [4.69, 9.17) is 5.11 Å². The van der Waals surface area contributed by atoms with Gasteiger partial charge in [-0.3, -0.25) is 0 Å². The van der Waals surface area contributed by atoms with E-state index in [1.807, 2.05) is 6.08 Å². The second-order valence-electron chi connectivity index (χ2n) is 2.20. The summed E-state index contributed by atoms with van der Waals surface area (Å²) in [5, 5.41) is 8.41. The van der Waals surface area contributed by atoms with Gasteiger partial charge in [0.25, 0.3) is 0 Å². The molecule has 0 aromatic carbocycles. The first-order chi connectivity index (χ1) is 5.31. The van der Waals surface area contributed by atoms with Crippen LogP contribution in [-0.2, 0) is 9.53 Å². The van der Waals surface area contributed by atoms with E-state index in [0.717, 1.165) is 12.8 Å². The lowest BCUT2D eigenvalue weighted by molar-refractivity contribution is 0.235. The number of rotatable bonds is 6. The summed E-state index contributed by atoms with van der Waals surface area (Å²) in [7, 11) is 0. The Kier molecular flexibility index (Phi) is 6.73. The van der Waals surface area contributed by atoms with Gasteiger partial charge < -0.3 is 9.84 Å². The van der Waals surface area contributed by atoms with E-state index in [1.54, 1.807) is 13.0 Å². The third kappa shape index (κ3) is 7.06. The van der Waals surface area contributed by atoms with Crippen LogP contribution in [0.4, 0.5) is 0 Å². The Labute approximate surface area is 66.7 Å². The van der Waals surface area contributed by atoms with Crippen LogP contribution in [0.25, 0.3) is 0 Å². The SMILES string of the molecule is CC(C=CCCCO)O[C]=O. The van der Waals surface area contributed by atoms with Gasteiger partial charge in [0.2, 0.25) is 0 Å². The molecule has 1 unspecified atom stereocenters. The van der Waals surface area contributed by atoms with E-state index in [-0.39, 0.29) is 12.7 Å². The van der Waals surface area contributed by atoms with Gasteiger partial charge in [-0.1, -0.05) is 6.08 Å². The Morgan fingerprint density at radius 2 is 2.45 bits per heavy atom. The Balaban J connectivity index is 3.31. The van der Waals surface area contributed by atoms with Crippen LogP contribution in [0.3, 0.4) is 0 Å². The third-order valence-corrected chi connectivity index (χ3v) is 1.17. The van der Waals surface area contributed by atoms with Crippen LogP contribution >= 0.6 is 0 Å². The highest BCUT2D eigenvalue weighted by molar-refractivity contribution is 5.39. The van der Waals surface area contributed by atoms with Gasteiger partial charge in [-0.2, -0.15) is 0 Å². The zero-order chi connectivity index (χ0) is 8.53. The van der Waals surface area contributed by atoms with Crippen molar-refractivity contribution < 1.29 is 14.6 Å². The number of carbonyl (C=O) groups excluding carboxylic acids is 1. The lowest BCUT2D eigenvalue weighted by atomic mass is 10.2. The van der Waals surface area contributed by atoms with E-state index in [9.17, 15) is 4.79 Å². The monoisotopic (exact) mass is 157 g/mol. The molecular weight excluding hydrogens is 144 g/mol.